The molecule has 2 atom stereocenters. The van der Waals surface area contributed by atoms with Gasteiger partial charge in [0.05, 0.1) is 0 Å². The number of anilines is 1. The lowest BCUT2D eigenvalue weighted by atomic mass is 10.0. The number of benzene rings is 3. The second-order valence-corrected chi connectivity index (χ2v) is 8.15. The lowest BCUT2D eigenvalue weighted by molar-refractivity contribution is 0.102. The summed E-state index contributed by atoms with van der Waals surface area (Å²) in [6, 6.07) is 27.5. The van der Waals surface area contributed by atoms with Gasteiger partial charge in [-0.1, -0.05) is 68.4 Å². The van der Waals surface area contributed by atoms with Crippen LogP contribution in [0.3, 0.4) is 0 Å². The van der Waals surface area contributed by atoms with Crippen molar-refractivity contribution >= 4 is 11.6 Å². The first-order chi connectivity index (χ1) is 14.7. The monoisotopic (exact) mass is 398 g/mol. The number of hydrogen-bond acceptors (Lipinski definition) is 2. The van der Waals surface area contributed by atoms with Gasteiger partial charge < -0.3 is 10.6 Å². The Kier molecular flexibility index (Phi) is 6.29. The van der Waals surface area contributed by atoms with E-state index >= 15 is 0 Å². The number of nitrogens with one attached hydrogen (secondary N) is 2. The average molecular weight is 399 g/mol. The first-order valence-electron chi connectivity index (χ1n) is 11.0. The summed E-state index contributed by atoms with van der Waals surface area (Å²) in [5.74, 6) is 0.517. The summed E-state index contributed by atoms with van der Waals surface area (Å²) in [6.07, 6.45) is 3.56. The lowest BCUT2D eigenvalue weighted by Gasteiger charge is -2.14. The van der Waals surface area contributed by atoms with Crippen LogP contribution in [0.5, 0.6) is 0 Å². The molecule has 154 valence electrons. The van der Waals surface area contributed by atoms with Crippen LogP contribution < -0.4 is 10.6 Å². The van der Waals surface area contributed by atoms with E-state index in [1.54, 1.807) is 0 Å². The van der Waals surface area contributed by atoms with Crippen LogP contribution in [-0.2, 0) is 0 Å². The molecule has 2 N–H and O–H groups in total. The second-order valence-electron chi connectivity index (χ2n) is 8.15. The normalized spacial score (nSPS) is 17.7. The highest BCUT2D eigenvalue weighted by Crippen LogP contribution is 2.41. The molecule has 4 rings (SSSR count). The smallest absolute Gasteiger partial charge is 0.255 e. The Labute approximate surface area is 179 Å². The third kappa shape index (κ3) is 4.80. The molecule has 0 bridgehead atoms. The van der Waals surface area contributed by atoms with Crippen LogP contribution in [0.1, 0.15) is 54.9 Å². The molecule has 1 fully saturated rings. The summed E-state index contributed by atoms with van der Waals surface area (Å²) in [6.45, 7) is 4.48. The minimum absolute atomic E-state index is 0.0814. The van der Waals surface area contributed by atoms with Crippen LogP contribution in [0, 0.1) is 0 Å². The van der Waals surface area contributed by atoms with Gasteiger partial charge in [-0.2, -0.15) is 0 Å². The summed E-state index contributed by atoms with van der Waals surface area (Å²) in [4.78, 5) is 12.6. The van der Waals surface area contributed by atoms with Gasteiger partial charge in [0.15, 0.2) is 0 Å². The highest BCUT2D eigenvalue weighted by molar-refractivity contribution is 6.04. The van der Waals surface area contributed by atoms with E-state index in [1.165, 1.54) is 24.8 Å². The molecule has 1 aliphatic carbocycles. The van der Waals surface area contributed by atoms with E-state index in [-0.39, 0.29) is 5.91 Å². The maximum Gasteiger partial charge on any atom is 0.255 e. The van der Waals surface area contributed by atoms with Crippen molar-refractivity contribution in [2.75, 3.05) is 5.32 Å². The van der Waals surface area contributed by atoms with E-state index in [1.807, 2.05) is 54.6 Å². The largest absolute Gasteiger partial charge is 0.322 e. The molecular formula is C27H30N2O. The molecule has 0 heterocycles. The predicted molar refractivity (Wildman–Crippen MR) is 125 cm³/mol. The zero-order valence-electron chi connectivity index (χ0n) is 17.8. The zero-order valence-corrected chi connectivity index (χ0v) is 17.8. The maximum atomic E-state index is 12.6. The van der Waals surface area contributed by atoms with Crippen molar-refractivity contribution in [3.8, 4) is 11.1 Å². The molecule has 0 saturated heterocycles. The number of carbonyl (C=O) groups is 1. The van der Waals surface area contributed by atoms with Crippen molar-refractivity contribution in [3.05, 3.63) is 90.0 Å². The van der Waals surface area contributed by atoms with Gasteiger partial charge in [0.2, 0.25) is 0 Å². The Morgan fingerprint density at radius 3 is 2.13 bits per heavy atom. The highest BCUT2D eigenvalue weighted by atomic mass is 16.1. The minimum Gasteiger partial charge on any atom is -0.322 e. The highest BCUT2D eigenvalue weighted by Gasteiger charge is 2.38. The van der Waals surface area contributed by atoms with Gasteiger partial charge in [0.1, 0.15) is 0 Å². The lowest BCUT2D eigenvalue weighted by Crippen LogP contribution is -2.30. The molecule has 1 amide bonds. The van der Waals surface area contributed by atoms with Crippen LogP contribution in [0.2, 0.25) is 0 Å². The molecule has 2 unspecified atom stereocenters. The Hall–Kier alpha value is -2.91. The molecule has 3 heteroatoms. The van der Waals surface area contributed by atoms with Crippen molar-refractivity contribution < 1.29 is 4.79 Å². The van der Waals surface area contributed by atoms with Crippen molar-refractivity contribution in [3.63, 3.8) is 0 Å². The Morgan fingerprint density at radius 2 is 1.50 bits per heavy atom. The molecule has 3 nitrogen and oxygen atoms in total. The van der Waals surface area contributed by atoms with Crippen LogP contribution in [0.25, 0.3) is 11.1 Å². The van der Waals surface area contributed by atoms with Crippen LogP contribution in [0.4, 0.5) is 5.69 Å². The predicted octanol–water partition coefficient (Wildman–Crippen LogP) is 6.24. The van der Waals surface area contributed by atoms with Gasteiger partial charge in [0, 0.05) is 29.3 Å². The summed E-state index contributed by atoms with van der Waals surface area (Å²) < 4.78 is 0. The fourth-order valence-corrected chi connectivity index (χ4v) is 4.04. The summed E-state index contributed by atoms with van der Waals surface area (Å²) in [5.41, 5.74) is 5.11. The van der Waals surface area contributed by atoms with E-state index < -0.39 is 0 Å². The molecule has 0 aliphatic heterocycles. The third-order valence-electron chi connectivity index (χ3n) is 6.08. The van der Waals surface area contributed by atoms with E-state index in [9.17, 15) is 4.79 Å². The van der Waals surface area contributed by atoms with Crippen molar-refractivity contribution in [1.82, 2.24) is 5.32 Å². The van der Waals surface area contributed by atoms with E-state index in [4.69, 9.17) is 0 Å². The fourth-order valence-electron chi connectivity index (χ4n) is 4.04. The molecule has 1 saturated carbocycles. The van der Waals surface area contributed by atoms with Gasteiger partial charge in [-0.25, -0.2) is 0 Å². The van der Waals surface area contributed by atoms with Gasteiger partial charge in [-0.15, -0.1) is 0 Å². The maximum absolute atomic E-state index is 12.6. The minimum atomic E-state index is -0.0814. The van der Waals surface area contributed by atoms with E-state index in [2.05, 4.69) is 48.7 Å². The van der Waals surface area contributed by atoms with Gasteiger partial charge in [-0.05, 0) is 60.2 Å². The van der Waals surface area contributed by atoms with Gasteiger partial charge in [-0.3, -0.25) is 4.79 Å². The summed E-state index contributed by atoms with van der Waals surface area (Å²) in [7, 11) is 0. The number of hydrogen-bond donors (Lipinski definition) is 2. The first kappa shape index (κ1) is 20.4. The quantitative estimate of drug-likeness (QED) is 0.471. The summed E-state index contributed by atoms with van der Waals surface area (Å²) >= 11 is 0. The molecule has 0 spiro atoms. The molecule has 30 heavy (non-hydrogen) atoms. The van der Waals surface area contributed by atoms with Crippen molar-refractivity contribution in [2.45, 2.75) is 51.1 Å². The standard InChI is InChI=1S/C27H30N2O/c1-3-23(4-2)28-26-18-25(26)21-14-16-24(17-15-21)29-27(30)22-12-10-20(11-13-22)19-8-6-5-7-9-19/h5-17,23,25-26,28H,3-4,18H2,1-2H3,(H,29,30). The van der Waals surface area contributed by atoms with E-state index in [0.29, 0.717) is 23.6 Å². The Morgan fingerprint density at radius 1 is 0.867 bits per heavy atom. The molecule has 1 aliphatic rings. The third-order valence-corrected chi connectivity index (χ3v) is 6.08. The first-order valence-corrected chi connectivity index (χ1v) is 11.0. The SMILES string of the molecule is CCC(CC)NC1CC1c1ccc(NC(=O)c2ccc(-c3ccccc3)cc2)cc1. The topological polar surface area (TPSA) is 41.1 Å². The average Bonchev–Trinajstić information content (AvgIpc) is 3.58. The van der Waals surface area contributed by atoms with E-state index in [0.717, 1.165) is 16.8 Å². The van der Waals surface area contributed by atoms with Gasteiger partial charge in [0.25, 0.3) is 5.91 Å². The molecule has 3 aromatic carbocycles. The van der Waals surface area contributed by atoms with Crippen LogP contribution >= 0.6 is 0 Å². The van der Waals surface area contributed by atoms with Crippen LogP contribution in [0.15, 0.2) is 78.9 Å². The van der Waals surface area contributed by atoms with Crippen molar-refractivity contribution in [2.24, 2.45) is 0 Å². The zero-order chi connectivity index (χ0) is 20.9. The Bertz CT molecular complexity index is 960. The summed E-state index contributed by atoms with van der Waals surface area (Å²) in [5, 5.41) is 6.76. The molecule has 3 aromatic rings. The Balaban J connectivity index is 1.34. The number of amides is 1. The van der Waals surface area contributed by atoms with Crippen LogP contribution in [-0.4, -0.2) is 18.0 Å². The molecular weight excluding hydrogens is 368 g/mol. The molecule has 0 aromatic heterocycles. The number of rotatable bonds is 8. The number of carbonyl (C=O) groups excluding carboxylic acids is 1. The fraction of sp³-hybridized carbons (Fsp3) is 0.296. The van der Waals surface area contributed by atoms with Crippen molar-refractivity contribution in [1.29, 1.82) is 0 Å². The van der Waals surface area contributed by atoms with Gasteiger partial charge >= 0.3 is 0 Å². The molecule has 0 radical (unpaired) electrons. The second kappa shape index (κ2) is 9.27.